The molecule has 3 nitrogen and oxygen atoms in total. The molecule has 3 aromatic rings. The van der Waals surface area contributed by atoms with Crippen LogP contribution in [0.25, 0.3) is 11.0 Å². The third-order valence-electron chi connectivity index (χ3n) is 3.40. The summed E-state index contributed by atoms with van der Waals surface area (Å²) in [6, 6.07) is 7.17. The molecule has 0 aliphatic carbocycles. The Kier molecular flexibility index (Phi) is 3.97. The van der Waals surface area contributed by atoms with E-state index in [9.17, 15) is 9.50 Å². The number of nitrogens with zero attached hydrogens (tertiary/aromatic N) is 1. The normalized spacial score (nSPS) is 11.2. The summed E-state index contributed by atoms with van der Waals surface area (Å²) in [4.78, 5) is 6.83. The van der Waals surface area contributed by atoms with E-state index >= 15 is 0 Å². The summed E-state index contributed by atoms with van der Waals surface area (Å²) in [6.07, 6.45) is 1.74. The van der Waals surface area contributed by atoms with Gasteiger partial charge in [-0.1, -0.05) is 33.6 Å². The Hall–Kier alpha value is -1.43. The molecule has 0 saturated carbocycles. The molecule has 108 valence electrons. The van der Waals surface area contributed by atoms with Crippen LogP contribution in [0.4, 0.5) is 4.39 Å². The van der Waals surface area contributed by atoms with Crippen molar-refractivity contribution < 1.29 is 9.50 Å². The fraction of sp³-hybridized carbons (Fsp3) is 0.133. The van der Waals surface area contributed by atoms with Gasteiger partial charge in [-0.25, -0.2) is 9.37 Å². The number of rotatable bonds is 3. The van der Waals surface area contributed by atoms with Crippen LogP contribution in [0.1, 0.15) is 16.7 Å². The van der Waals surface area contributed by atoms with E-state index in [1.54, 1.807) is 12.1 Å². The zero-order valence-electron chi connectivity index (χ0n) is 10.8. The number of aliphatic hydroxyl groups is 1. The van der Waals surface area contributed by atoms with Gasteiger partial charge in [0.25, 0.3) is 0 Å². The number of aliphatic hydroxyl groups excluding tert-OH is 1. The molecule has 0 radical (unpaired) electrons. The minimum Gasteiger partial charge on any atom is -0.392 e. The fourth-order valence-corrected chi connectivity index (χ4v) is 3.06. The first-order chi connectivity index (χ1) is 10.1. The third kappa shape index (κ3) is 2.69. The van der Waals surface area contributed by atoms with Crippen molar-refractivity contribution in [3.05, 3.63) is 62.6 Å². The van der Waals surface area contributed by atoms with E-state index in [1.807, 2.05) is 12.1 Å². The standard InChI is InChI=1S/C15H11BrClFN2O/c16-10-2-1-8(12(17)5-10)3-11-9(6-21)4-13-15(14(11)18)20-7-19-13/h1-2,4-5,7,21H,3,6H2,(H,19,20). The number of aromatic nitrogens is 2. The fourth-order valence-electron chi connectivity index (χ4n) is 2.32. The molecule has 21 heavy (non-hydrogen) atoms. The predicted molar refractivity (Wildman–Crippen MR) is 83.9 cm³/mol. The first kappa shape index (κ1) is 14.5. The van der Waals surface area contributed by atoms with Gasteiger partial charge in [0.15, 0.2) is 5.82 Å². The highest BCUT2D eigenvalue weighted by molar-refractivity contribution is 9.10. The van der Waals surface area contributed by atoms with E-state index in [0.29, 0.717) is 28.1 Å². The minimum absolute atomic E-state index is 0.241. The van der Waals surface area contributed by atoms with E-state index in [2.05, 4.69) is 25.9 Å². The Morgan fingerprint density at radius 2 is 2.10 bits per heavy atom. The Labute approximate surface area is 133 Å². The quantitative estimate of drug-likeness (QED) is 0.727. The van der Waals surface area contributed by atoms with Crippen molar-refractivity contribution in [2.24, 2.45) is 0 Å². The maximum Gasteiger partial charge on any atom is 0.154 e. The van der Waals surface area contributed by atoms with E-state index in [0.717, 1.165) is 10.0 Å². The average molecular weight is 370 g/mol. The van der Waals surface area contributed by atoms with Crippen molar-refractivity contribution in [1.82, 2.24) is 9.97 Å². The monoisotopic (exact) mass is 368 g/mol. The summed E-state index contributed by atoms with van der Waals surface area (Å²) in [5.74, 6) is -0.420. The molecule has 0 unspecified atom stereocenters. The van der Waals surface area contributed by atoms with Crippen molar-refractivity contribution in [3.8, 4) is 0 Å². The van der Waals surface area contributed by atoms with Crippen molar-refractivity contribution in [2.75, 3.05) is 0 Å². The lowest BCUT2D eigenvalue weighted by atomic mass is 9.98. The lowest BCUT2D eigenvalue weighted by molar-refractivity contribution is 0.280. The van der Waals surface area contributed by atoms with E-state index in [-0.39, 0.29) is 12.1 Å². The van der Waals surface area contributed by atoms with Crippen LogP contribution in [-0.2, 0) is 13.0 Å². The number of hydrogen-bond acceptors (Lipinski definition) is 2. The highest BCUT2D eigenvalue weighted by atomic mass is 79.9. The molecule has 1 aromatic heterocycles. The number of nitrogens with one attached hydrogen (secondary N) is 1. The maximum absolute atomic E-state index is 14.6. The molecule has 2 aromatic carbocycles. The second-order valence-electron chi connectivity index (χ2n) is 4.70. The van der Waals surface area contributed by atoms with Crippen molar-refractivity contribution in [2.45, 2.75) is 13.0 Å². The zero-order chi connectivity index (χ0) is 15.0. The van der Waals surface area contributed by atoms with Crippen LogP contribution in [0.15, 0.2) is 35.1 Å². The van der Waals surface area contributed by atoms with Crippen LogP contribution < -0.4 is 0 Å². The number of H-pyrrole nitrogens is 1. The average Bonchev–Trinajstić information content (AvgIpc) is 2.92. The molecule has 1 heterocycles. The van der Waals surface area contributed by atoms with Gasteiger partial charge in [0.05, 0.1) is 18.5 Å². The molecular weight excluding hydrogens is 359 g/mol. The lowest BCUT2D eigenvalue weighted by Gasteiger charge is -2.11. The van der Waals surface area contributed by atoms with Gasteiger partial charge in [-0.15, -0.1) is 0 Å². The number of hydrogen-bond donors (Lipinski definition) is 2. The smallest absolute Gasteiger partial charge is 0.154 e. The summed E-state index contributed by atoms with van der Waals surface area (Å²) in [5, 5.41) is 10.0. The number of halogens is 3. The van der Waals surface area contributed by atoms with Crippen LogP contribution in [-0.4, -0.2) is 15.1 Å². The molecule has 6 heteroatoms. The first-order valence-electron chi connectivity index (χ1n) is 6.28. The molecule has 0 spiro atoms. The van der Waals surface area contributed by atoms with Gasteiger partial charge in [0, 0.05) is 21.5 Å². The summed E-state index contributed by atoms with van der Waals surface area (Å²) < 4.78 is 15.5. The van der Waals surface area contributed by atoms with E-state index < -0.39 is 5.82 Å². The van der Waals surface area contributed by atoms with Gasteiger partial charge in [0.2, 0.25) is 0 Å². The third-order valence-corrected chi connectivity index (χ3v) is 4.25. The molecule has 0 amide bonds. The van der Waals surface area contributed by atoms with Gasteiger partial charge in [-0.05, 0) is 29.3 Å². The molecular formula is C15H11BrClFN2O. The van der Waals surface area contributed by atoms with E-state index in [1.165, 1.54) is 6.33 Å². The largest absolute Gasteiger partial charge is 0.392 e. The Balaban J connectivity index is 2.12. The zero-order valence-corrected chi connectivity index (χ0v) is 13.2. The molecule has 0 aliphatic rings. The molecule has 0 aliphatic heterocycles. The number of imidazole rings is 1. The minimum atomic E-state index is -0.420. The van der Waals surface area contributed by atoms with Crippen LogP contribution >= 0.6 is 27.5 Å². The van der Waals surface area contributed by atoms with Gasteiger partial charge in [-0.3, -0.25) is 0 Å². The van der Waals surface area contributed by atoms with Crippen LogP contribution in [0.5, 0.6) is 0 Å². The summed E-state index contributed by atoms with van der Waals surface area (Å²) in [6.45, 7) is -0.241. The maximum atomic E-state index is 14.6. The molecule has 0 bridgehead atoms. The summed E-state index contributed by atoms with van der Waals surface area (Å²) in [5.41, 5.74) is 2.59. The molecule has 0 saturated heterocycles. The van der Waals surface area contributed by atoms with Gasteiger partial charge >= 0.3 is 0 Å². The topological polar surface area (TPSA) is 48.9 Å². The Morgan fingerprint density at radius 1 is 1.29 bits per heavy atom. The highest BCUT2D eigenvalue weighted by Crippen LogP contribution is 2.28. The van der Waals surface area contributed by atoms with E-state index in [4.69, 9.17) is 11.6 Å². The SMILES string of the molecule is OCc1cc2[nH]cnc2c(F)c1Cc1ccc(Br)cc1Cl. The number of benzene rings is 2. The van der Waals surface area contributed by atoms with Crippen molar-refractivity contribution >= 4 is 38.6 Å². The van der Waals surface area contributed by atoms with Crippen molar-refractivity contribution in [1.29, 1.82) is 0 Å². The van der Waals surface area contributed by atoms with Crippen LogP contribution in [0, 0.1) is 5.82 Å². The second-order valence-corrected chi connectivity index (χ2v) is 6.02. The number of aromatic amines is 1. The predicted octanol–water partition coefficient (Wildman–Crippen LogP) is 4.20. The molecule has 3 rings (SSSR count). The molecule has 0 atom stereocenters. The molecule has 2 N–H and O–H groups in total. The van der Waals surface area contributed by atoms with Crippen molar-refractivity contribution in [3.63, 3.8) is 0 Å². The molecule has 0 fully saturated rings. The summed E-state index contributed by atoms with van der Waals surface area (Å²) >= 11 is 9.53. The van der Waals surface area contributed by atoms with Gasteiger partial charge in [-0.2, -0.15) is 0 Å². The summed E-state index contributed by atoms with van der Waals surface area (Å²) in [7, 11) is 0. The second kappa shape index (κ2) is 5.75. The van der Waals surface area contributed by atoms with Crippen LogP contribution in [0.2, 0.25) is 5.02 Å². The Morgan fingerprint density at radius 3 is 2.81 bits per heavy atom. The first-order valence-corrected chi connectivity index (χ1v) is 7.45. The highest BCUT2D eigenvalue weighted by Gasteiger charge is 2.16. The number of fused-ring (bicyclic) bond motifs is 1. The lowest BCUT2D eigenvalue weighted by Crippen LogP contribution is -2.01. The van der Waals surface area contributed by atoms with Gasteiger partial charge < -0.3 is 10.1 Å². The van der Waals surface area contributed by atoms with Crippen LogP contribution in [0.3, 0.4) is 0 Å². The van der Waals surface area contributed by atoms with Gasteiger partial charge in [0.1, 0.15) is 5.52 Å². The Bertz CT molecular complexity index is 819.